The van der Waals surface area contributed by atoms with Crippen molar-refractivity contribution in [1.82, 2.24) is 4.37 Å². The summed E-state index contributed by atoms with van der Waals surface area (Å²) in [5.74, 6) is 0. The third-order valence-corrected chi connectivity index (χ3v) is 2.89. The van der Waals surface area contributed by atoms with Gasteiger partial charge in [-0.05, 0) is 41.4 Å². The van der Waals surface area contributed by atoms with E-state index in [0.717, 1.165) is 5.69 Å². The highest BCUT2D eigenvalue weighted by atomic mass is 32.1. The molecule has 1 heterocycles. The molecular weight excluding hydrogens is 216 g/mol. The van der Waals surface area contributed by atoms with E-state index in [1.165, 1.54) is 22.8 Å². The summed E-state index contributed by atoms with van der Waals surface area (Å²) in [6.45, 7) is 0. The molecule has 0 unspecified atom stereocenters. The number of benzene rings is 1. The molecule has 0 amide bonds. The number of aromatic nitrogens is 1. The van der Waals surface area contributed by atoms with Crippen LogP contribution in [0.1, 0.15) is 11.3 Å². The second kappa shape index (κ2) is 4.94. The molecule has 1 aromatic heterocycles. The fraction of sp³-hybridized carbons (Fsp3) is 0.154. The lowest BCUT2D eigenvalue weighted by Crippen LogP contribution is -2.07. The SMILES string of the molecule is CN(C)c1ccc(C=Cc2ccsn2)cc1. The molecule has 0 saturated heterocycles. The van der Waals surface area contributed by atoms with Crippen LogP contribution >= 0.6 is 11.5 Å². The number of rotatable bonds is 3. The number of anilines is 1. The lowest BCUT2D eigenvalue weighted by atomic mass is 10.2. The first-order valence-electron chi connectivity index (χ1n) is 5.11. The number of nitrogens with zero attached hydrogens (tertiary/aromatic N) is 2. The summed E-state index contributed by atoms with van der Waals surface area (Å²) in [6.07, 6.45) is 4.11. The minimum Gasteiger partial charge on any atom is -0.378 e. The van der Waals surface area contributed by atoms with Gasteiger partial charge in [-0.1, -0.05) is 18.2 Å². The van der Waals surface area contributed by atoms with Gasteiger partial charge >= 0.3 is 0 Å². The maximum Gasteiger partial charge on any atom is 0.0768 e. The Labute approximate surface area is 100 Å². The van der Waals surface area contributed by atoms with Gasteiger partial charge < -0.3 is 4.90 Å². The molecule has 0 saturated carbocycles. The van der Waals surface area contributed by atoms with E-state index in [0.29, 0.717) is 0 Å². The fourth-order valence-corrected chi connectivity index (χ4v) is 1.88. The van der Waals surface area contributed by atoms with Gasteiger partial charge in [0.2, 0.25) is 0 Å². The number of hydrogen-bond acceptors (Lipinski definition) is 3. The molecule has 0 atom stereocenters. The highest BCUT2D eigenvalue weighted by Gasteiger charge is 1.93. The maximum atomic E-state index is 4.22. The monoisotopic (exact) mass is 230 g/mol. The van der Waals surface area contributed by atoms with Crippen molar-refractivity contribution in [3.63, 3.8) is 0 Å². The minimum atomic E-state index is 1.02. The molecule has 1 aromatic carbocycles. The standard InChI is InChI=1S/C13H14N2S/c1-15(2)13-7-4-11(5-8-13)3-6-12-9-10-16-14-12/h3-10H,1-2H3. The summed E-state index contributed by atoms with van der Waals surface area (Å²) in [4.78, 5) is 2.09. The van der Waals surface area contributed by atoms with E-state index in [4.69, 9.17) is 0 Å². The van der Waals surface area contributed by atoms with E-state index < -0.39 is 0 Å². The maximum absolute atomic E-state index is 4.22. The Morgan fingerprint density at radius 2 is 1.81 bits per heavy atom. The zero-order valence-electron chi connectivity index (χ0n) is 9.42. The summed E-state index contributed by atoms with van der Waals surface area (Å²) in [5.41, 5.74) is 3.42. The molecule has 2 rings (SSSR count). The van der Waals surface area contributed by atoms with Crippen molar-refractivity contribution in [3.05, 3.63) is 47.0 Å². The van der Waals surface area contributed by atoms with Crippen LogP contribution in [-0.2, 0) is 0 Å². The second-order valence-electron chi connectivity index (χ2n) is 3.74. The molecular formula is C13H14N2S. The van der Waals surface area contributed by atoms with Crippen molar-refractivity contribution < 1.29 is 0 Å². The van der Waals surface area contributed by atoms with Crippen molar-refractivity contribution in [2.75, 3.05) is 19.0 Å². The lowest BCUT2D eigenvalue weighted by Gasteiger charge is -2.11. The molecule has 0 N–H and O–H groups in total. The molecule has 0 bridgehead atoms. The Kier molecular flexibility index (Phi) is 3.37. The van der Waals surface area contributed by atoms with Gasteiger partial charge in [0.05, 0.1) is 5.69 Å². The smallest absolute Gasteiger partial charge is 0.0768 e. The molecule has 0 aliphatic rings. The van der Waals surface area contributed by atoms with Gasteiger partial charge in [0, 0.05) is 25.2 Å². The van der Waals surface area contributed by atoms with Crippen molar-refractivity contribution in [2.45, 2.75) is 0 Å². The van der Waals surface area contributed by atoms with Crippen LogP contribution in [-0.4, -0.2) is 18.5 Å². The van der Waals surface area contributed by atoms with E-state index in [2.05, 4.69) is 39.6 Å². The Balaban J connectivity index is 2.11. The van der Waals surface area contributed by atoms with Crippen LogP contribution in [0.25, 0.3) is 12.2 Å². The van der Waals surface area contributed by atoms with E-state index in [-0.39, 0.29) is 0 Å². The second-order valence-corrected chi connectivity index (χ2v) is 4.41. The molecule has 16 heavy (non-hydrogen) atoms. The van der Waals surface area contributed by atoms with Crippen LogP contribution in [0.5, 0.6) is 0 Å². The van der Waals surface area contributed by atoms with Gasteiger partial charge in [0.1, 0.15) is 0 Å². The highest BCUT2D eigenvalue weighted by Crippen LogP contribution is 2.14. The highest BCUT2D eigenvalue weighted by molar-refractivity contribution is 7.03. The molecule has 2 aromatic rings. The van der Waals surface area contributed by atoms with E-state index in [1.807, 2.05) is 31.6 Å². The van der Waals surface area contributed by atoms with Crippen LogP contribution in [0.2, 0.25) is 0 Å². The first-order chi connectivity index (χ1) is 7.75. The Bertz CT molecular complexity index is 455. The predicted molar refractivity (Wildman–Crippen MR) is 71.8 cm³/mol. The van der Waals surface area contributed by atoms with Gasteiger partial charge in [-0.15, -0.1) is 0 Å². The fourth-order valence-electron chi connectivity index (χ4n) is 1.37. The first-order valence-corrected chi connectivity index (χ1v) is 5.95. The van der Waals surface area contributed by atoms with Crippen molar-refractivity contribution in [3.8, 4) is 0 Å². The van der Waals surface area contributed by atoms with Gasteiger partial charge in [-0.3, -0.25) is 0 Å². The molecule has 0 spiro atoms. The van der Waals surface area contributed by atoms with Gasteiger partial charge in [-0.2, -0.15) is 4.37 Å². The van der Waals surface area contributed by atoms with E-state index in [1.54, 1.807) is 0 Å². The average Bonchev–Trinajstić information content (AvgIpc) is 2.80. The van der Waals surface area contributed by atoms with Crippen molar-refractivity contribution >= 4 is 29.4 Å². The first kappa shape index (κ1) is 10.9. The normalized spacial score (nSPS) is 10.9. The van der Waals surface area contributed by atoms with Gasteiger partial charge in [0.15, 0.2) is 0 Å². The summed E-state index contributed by atoms with van der Waals surface area (Å²) >= 11 is 1.47. The average molecular weight is 230 g/mol. The summed E-state index contributed by atoms with van der Waals surface area (Å²) in [7, 11) is 4.08. The minimum absolute atomic E-state index is 1.02. The topological polar surface area (TPSA) is 16.1 Å². The zero-order valence-corrected chi connectivity index (χ0v) is 10.2. The predicted octanol–water partition coefficient (Wildman–Crippen LogP) is 3.38. The Morgan fingerprint density at radius 3 is 2.38 bits per heavy atom. The van der Waals surface area contributed by atoms with E-state index >= 15 is 0 Å². The molecule has 2 nitrogen and oxygen atoms in total. The Hall–Kier alpha value is -1.61. The van der Waals surface area contributed by atoms with Crippen LogP contribution in [0.3, 0.4) is 0 Å². The molecule has 0 aliphatic carbocycles. The van der Waals surface area contributed by atoms with E-state index in [9.17, 15) is 0 Å². The quantitative estimate of drug-likeness (QED) is 0.803. The van der Waals surface area contributed by atoms with Crippen LogP contribution in [0.4, 0.5) is 5.69 Å². The molecule has 82 valence electrons. The summed E-state index contributed by atoms with van der Waals surface area (Å²) < 4.78 is 4.22. The molecule has 3 heteroatoms. The van der Waals surface area contributed by atoms with Crippen LogP contribution in [0, 0.1) is 0 Å². The van der Waals surface area contributed by atoms with Crippen molar-refractivity contribution in [2.24, 2.45) is 0 Å². The number of hydrogen-bond donors (Lipinski definition) is 0. The zero-order chi connectivity index (χ0) is 11.4. The largest absolute Gasteiger partial charge is 0.378 e. The molecule has 0 fully saturated rings. The molecule has 0 aliphatic heterocycles. The van der Waals surface area contributed by atoms with Gasteiger partial charge in [0.25, 0.3) is 0 Å². The Morgan fingerprint density at radius 1 is 1.06 bits per heavy atom. The van der Waals surface area contributed by atoms with Crippen LogP contribution in [0.15, 0.2) is 35.7 Å². The third-order valence-electron chi connectivity index (χ3n) is 2.31. The molecule has 0 radical (unpaired) electrons. The summed E-state index contributed by atoms with van der Waals surface area (Å²) in [5, 5.41) is 1.98. The summed E-state index contributed by atoms with van der Waals surface area (Å²) in [6, 6.07) is 10.5. The van der Waals surface area contributed by atoms with Gasteiger partial charge in [-0.25, -0.2) is 0 Å². The third kappa shape index (κ3) is 2.70. The lowest BCUT2D eigenvalue weighted by molar-refractivity contribution is 1.13. The van der Waals surface area contributed by atoms with Crippen molar-refractivity contribution in [1.29, 1.82) is 0 Å². The van der Waals surface area contributed by atoms with Crippen LogP contribution < -0.4 is 4.90 Å².